The molecule has 21 heavy (non-hydrogen) atoms. The lowest BCUT2D eigenvalue weighted by molar-refractivity contribution is 0.584. The molecule has 0 aliphatic carbocycles. The molecule has 1 aromatic carbocycles. The number of benzene rings is 1. The Bertz CT molecular complexity index is 609. The van der Waals surface area contributed by atoms with Gasteiger partial charge in [0.05, 0.1) is 0 Å². The van der Waals surface area contributed by atoms with E-state index in [1.165, 1.54) is 10.5 Å². The number of halogens is 1. The second-order valence-corrected chi connectivity index (χ2v) is 7.25. The quantitative estimate of drug-likeness (QED) is 0.791. The highest BCUT2D eigenvalue weighted by atomic mass is 79.9. The molecule has 0 bridgehead atoms. The number of hydrogen-bond acceptors (Lipinski definition) is 4. The van der Waals surface area contributed by atoms with Crippen LogP contribution in [0.5, 0.6) is 0 Å². The molecular weight excluding hydrogens is 346 g/mol. The molecule has 0 spiro atoms. The molecule has 2 rings (SSSR count). The maximum atomic E-state index is 4.51. The van der Waals surface area contributed by atoms with Gasteiger partial charge in [0.25, 0.3) is 0 Å². The molecular formula is C16H20BrN3S. The van der Waals surface area contributed by atoms with E-state index in [9.17, 15) is 0 Å². The standard InChI is InChI=1S/C16H20BrN3S/c1-10(2)18-9-13-5-6-14(17)8-15(13)21-16-19-11(3)7-12(4)20-16/h5-8,10,18H,9H2,1-4H3. The molecule has 0 fully saturated rings. The Kier molecular flexibility index (Phi) is 5.79. The summed E-state index contributed by atoms with van der Waals surface area (Å²) in [4.78, 5) is 10.2. The van der Waals surface area contributed by atoms with Gasteiger partial charge in [-0.3, -0.25) is 0 Å². The predicted octanol–water partition coefficient (Wildman–Crippen LogP) is 4.51. The molecule has 2 aromatic rings. The van der Waals surface area contributed by atoms with Gasteiger partial charge in [-0.05, 0) is 49.4 Å². The number of aromatic nitrogens is 2. The van der Waals surface area contributed by atoms with Crippen molar-refractivity contribution in [1.82, 2.24) is 15.3 Å². The van der Waals surface area contributed by atoms with Gasteiger partial charge in [-0.15, -0.1) is 0 Å². The fraction of sp³-hybridized carbons (Fsp3) is 0.375. The summed E-state index contributed by atoms with van der Waals surface area (Å²) in [7, 11) is 0. The van der Waals surface area contributed by atoms with E-state index in [1.54, 1.807) is 11.8 Å². The zero-order valence-corrected chi connectivity index (χ0v) is 15.2. The van der Waals surface area contributed by atoms with Crippen LogP contribution in [0.3, 0.4) is 0 Å². The van der Waals surface area contributed by atoms with E-state index < -0.39 is 0 Å². The Balaban J connectivity index is 2.26. The molecule has 112 valence electrons. The van der Waals surface area contributed by atoms with E-state index in [2.05, 4.69) is 63.3 Å². The fourth-order valence-electron chi connectivity index (χ4n) is 1.92. The molecule has 0 saturated heterocycles. The van der Waals surface area contributed by atoms with Crippen LogP contribution in [0.15, 0.2) is 38.8 Å². The summed E-state index contributed by atoms with van der Waals surface area (Å²) in [5.74, 6) is 0. The van der Waals surface area contributed by atoms with Crippen molar-refractivity contribution in [3.63, 3.8) is 0 Å². The number of nitrogens with zero attached hydrogens (tertiary/aromatic N) is 2. The predicted molar refractivity (Wildman–Crippen MR) is 91.7 cm³/mol. The van der Waals surface area contributed by atoms with Crippen LogP contribution in [-0.2, 0) is 6.54 Å². The van der Waals surface area contributed by atoms with Gasteiger partial charge < -0.3 is 5.32 Å². The van der Waals surface area contributed by atoms with Crippen molar-refractivity contribution in [2.24, 2.45) is 0 Å². The van der Waals surface area contributed by atoms with Crippen LogP contribution in [0.2, 0.25) is 0 Å². The van der Waals surface area contributed by atoms with Crippen molar-refractivity contribution in [3.8, 4) is 0 Å². The fourth-order valence-corrected chi connectivity index (χ4v) is 3.47. The van der Waals surface area contributed by atoms with Crippen molar-refractivity contribution in [3.05, 3.63) is 45.7 Å². The Hall–Kier alpha value is -0.910. The lowest BCUT2D eigenvalue weighted by Crippen LogP contribution is -2.22. The van der Waals surface area contributed by atoms with Gasteiger partial charge in [0.1, 0.15) is 0 Å². The van der Waals surface area contributed by atoms with Crippen molar-refractivity contribution in [1.29, 1.82) is 0 Å². The minimum absolute atomic E-state index is 0.462. The summed E-state index contributed by atoms with van der Waals surface area (Å²) in [6.45, 7) is 9.15. The van der Waals surface area contributed by atoms with E-state index >= 15 is 0 Å². The molecule has 5 heteroatoms. The summed E-state index contributed by atoms with van der Waals surface area (Å²) < 4.78 is 1.07. The number of nitrogens with one attached hydrogen (secondary N) is 1. The van der Waals surface area contributed by atoms with Crippen LogP contribution in [0.25, 0.3) is 0 Å². The van der Waals surface area contributed by atoms with Crippen LogP contribution >= 0.6 is 27.7 Å². The average Bonchev–Trinajstić information content (AvgIpc) is 2.36. The molecule has 0 unspecified atom stereocenters. The zero-order valence-electron chi connectivity index (χ0n) is 12.8. The average molecular weight is 366 g/mol. The molecule has 0 aliphatic heterocycles. The zero-order chi connectivity index (χ0) is 15.4. The second-order valence-electron chi connectivity index (χ2n) is 5.32. The molecule has 1 heterocycles. The highest BCUT2D eigenvalue weighted by molar-refractivity contribution is 9.10. The van der Waals surface area contributed by atoms with Crippen LogP contribution in [0.1, 0.15) is 30.8 Å². The number of aryl methyl sites for hydroxylation is 2. The third-order valence-corrected chi connectivity index (χ3v) is 4.35. The highest BCUT2D eigenvalue weighted by Gasteiger charge is 2.09. The Morgan fingerprint density at radius 2 is 1.81 bits per heavy atom. The summed E-state index contributed by atoms with van der Waals surface area (Å²) in [6, 6.07) is 8.80. The van der Waals surface area contributed by atoms with Gasteiger partial charge in [-0.1, -0.05) is 35.8 Å². The van der Waals surface area contributed by atoms with E-state index in [4.69, 9.17) is 0 Å². The number of rotatable bonds is 5. The smallest absolute Gasteiger partial charge is 0.192 e. The van der Waals surface area contributed by atoms with Gasteiger partial charge in [0, 0.05) is 33.3 Å². The maximum absolute atomic E-state index is 4.51. The monoisotopic (exact) mass is 365 g/mol. The summed E-state index contributed by atoms with van der Waals surface area (Å²) in [6.07, 6.45) is 0. The lowest BCUT2D eigenvalue weighted by Gasteiger charge is -2.12. The lowest BCUT2D eigenvalue weighted by atomic mass is 10.2. The first kappa shape index (κ1) is 16.5. The van der Waals surface area contributed by atoms with Gasteiger partial charge in [0.2, 0.25) is 0 Å². The first-order chi connectivity index (χ1) is 9.94. The molecule has 0 atom stereocenters. The highest BCUT2D eigenvalue weighted by Crippen LogP contribution is 2.31. The Morgan fingerprint density at radius 3 is 2.43 bits per heavy atom. The first-order valence-electron chi connectivity index (χ1n) is 6.96. The Morgan fingerprint density at radius 1 is 1.14 bits per heavy atom. The van der Waals surface area contributed by atoms with Gasteiger partial charge >= 0.3 is 0 Å². The maximum Gasteiger partial charge on any atom is 0.192 e. The molecule has 0 aliphatic rings. The van der Waals surface area contributed by atoms with Crippen LogP contribution in [0, 0.1) is 13.8 Å². The van der Waals surface area contributed by atoms with Crippen molar-refractivity contribution < 1.29 is 0 Å². The minimum Gasteiger partial charge on any atom is -0.310 e. The minimum atomic E-state index is 0.462. The largest absolute Gasteiger partial charge is 0.310 e. The molecule has 1 aromatic heterocycles. The van der Waals surface area contributed by atoms with Crippen molar-refractivity contribution in [2.75, 3.05) is 0 Å². The molecule has 0 amide bonds. The van der Waals surface area contributed by atoms with Gasteiger partial charge in [0.15, 0.2) is 5.16 Å². The molecule has 3 nitrogen and oxygen atoms in total. The third-order valence-electron chi connectivity index (χ3n) is 2.89. The van der Waals surface area contributed by atoms with Crippen LogP contribution in [-0.4, -0.2) is 16.0 Å². The Labute approximate surface area is 139 Å². The summed E-state index contributed by atoms with van der Waals surface area (Å²) >= 11 is 5.16. The van der Waals surface area contributed by atoms with Gasteiger partial charge in [-0.2, -0.15) is 0 Å². The summed E-state index contributed by atoms with van der Waals surface area (Å²) in [5.41, 5.74) is 3.27. The van der Waals surface area contributed by atoms with E-state index in [1.807, 2.05) is 19.9 Å². The SMILES string of the molecule is Cc1cc(C)nc(Sc2cc(Br)ccc2CNC(C)C)n1. The third kappa shape index (κ3) is 5.09. The van der Waals surface area contributed by atoms with E-state index in [0.717, 1.165) is 27.6 Å². The molecule has 0 radical (unpaired) electrons. The first-order valence-corrected chi connectivity index (χ1v) is 8.57. The van der Waals surface area contributed by atoms with Crippen molar-refractivity contribution in [2.45, 2.75) is 50.3 Å². The molecule has 1 N–H and O–H groups in total. The number of hydrogen-bond donors (Lipinski definition) is 1. The van der Waals surface area contributed by atoms with Crippen LogP contribution in [0.4, 0.5) is 0 Å². The van der Waals surface area contributed by atoms with Crippen molar-refractivity contribution >= 4 is 27.7 Å². The second kappa shape index (κ2) is 7.38. The summed E-state index contributed by atoms with van der Waals surface area (Å²) in [5, 5.41) is 4.26. The van der Waals surface area contributed by atoms with Crippen LogP contribution < -0.4 is 5.32 Å². The van der Waals surface area contributed by atoms with E-state index in [-0.39, 0.29) is 0 Å². The van der Waals surface area contributed by atoms with E-state index in [0.29, 0.717) is 6.04 Å². The van der Waals surface area contributed by atoms with Gasteiger partial charge in [-0.25, -0.2) is 9.97 Å². The molecule has 0 saturated carbocycles. The normalized spacial score (nSPS) is 11.1. The topological polar surface area (TPSA) is 37.8 Å².